The van der Waals surface area contributed by atoms with Gasteiger partial charge in [-0.2, -0.15) is 11.8 Å². The number of hydrogen-bond donors (Lipinski definition) is 1. The van der Waals surface area contributed by atoms with Crippen LogP contribution in [0.15, 0.2) is 0 Å². The van der Waals surface area contributed by atoms with E-state index in [0.29, 0.717) is 11.3 Å². The fraction of sp³-hybridized carbons (Fsp3) is 1.00. The summed E-state index contributed by atoms with van der Waals surface area (Å²) in [6.07, 6.45) is 3.74. The summed E-state index contributed by atoms with van der Waals surface area (Å²) in [5.74, 6) is 1.27. The van der Waals surface area contributed by atoms with E-state index in [0.717, 1.165) is 13.2 Å². The molecule has 3 atom stereocenters. The van der Waals surface area contributed by atoms with Gasteiger partial charge in [-0.15, -0.1) is 0 Å². The van der Waals surface area contributed by atoms with E-state index in [9.17, 15) is 0 Å². The third-order valence-corrected chi connectivity index (χ3v) is 4.92. The maximum absolute atomic E-state index is 6.12. The molecule has 1 spiro atoms. The highest BCUT2D eigenvalue weighted by atomic mass is 32.2. The molecule has 0 aromatic heterocycles. The Morgan fingerprint density at radius 2 is 2.43 bits per heavy atom. The summed E-state index contributed by atoms with van der Waals surface area (Å²) in [5, 5.41) is 4.30. The zero-order valence-corrected chi connectivity index (χ0v) is 10.0. The minimum Gasteiger partial charge on any atom is -0.371 e. The van der Waals surface area contributed by atoms with Crippen LogP contribution in [0, 0.1) is 0 Å². The van der Waals surface area contributed by atoms with Crippen molar-refractivity contribution in [1.82, 2.24) is 5.32 Å². The van der Waals surface area contributed by atoms with Gasteiger partial charge in [-0.1, -0.05) is 20.3 Å². The zero-order valence-electron chi connectivity index (χ0n) is 9.21. The first-order valence-corrected chi connectivity index (χ1v) is 6.83. The third kappa shape index (κ3) is 1.70. The van der Waals surface area contributed by atoms with Gasteiger partial charge in [0.2, 0.25) is 0 Å². The van der Waals surface area contributed by atoms with Crippen LogP contribution >= 0.6 is 11.8 Å². The molecular weight excluding hydrogens is 194 g/mol. The summed E-state index contributed by atoms with van der Waals surface area (Å²) in [6, 6.07) is 0.589. The molecule has 0 amide bonds. The second-order valence-electron chi connectivity index (χ2n) is 4.36. The fourth-order valence-electron chi connectivity index (χ4n) is 2.77. The molecular formula is C11H21NOS. The lowest BCUT2D eigenvalue weighted by molar-refractivity contribution is -0.0943. The number of thioether (sulfide) groups is 1. The van der Waals surface area contributed by atoms with Gasteiger partial charge in [0, 0.05) is 17.8 Å². The van der Waals surface area contributed by atoms with Gasteiger partial charge in [0.15, 0.2) is 0 Å². The fourth-order valence-corrected chi connectivity index (χ4v) is 4.19. The first-order chi connectivity index (χ1) is 6.79. The van der Waals surface area contributed by atoms with Gasteiger partial charge in [-0.05, 0) is 18.6 Å². The summed E-state index contributed by atoms with van der Waals surface area (Å²) in [6.45, 7) is 6.51. The third-order valence-electron chi connectivity index (χ3n) is 3.58. The summed E-state index contributed by atoms with van der Waals surface area (Å²) in [7, 11) is 0. The summed E-state index contributed by atoms with van der Waals surface area (Å²) >= 11 is 2.07. The van der Waals surface area contributed by atoms with Crippen molar-refractivity contribution in [3.05, 3.63) is 0 Å². The SMILES string of the molecule is CCCC1NCCOC12CCSC2C. The van der Waals surface area contributed by atoms with Crippen LogP contribution in [0.3, 0.4) is 0 Å². The van der Waals surface area contributed by atoms with Crippen molar-refractivity contribution in [2.24, 2.45) is 0 Å². The largest absolute Gasteiger partial charge is 0.371 e. The lowest BCUT2D eigenvalue weighted by atomic mass is 9.84. The Kier molecular flexibility index (Phi) is 3.40. The average Bonchev–Trinajstić information content (AvgIpc) is 2.54. The van der Waals surface area contributed by atoms with E-state index < -0.39 is 0 Å². The van der Waals surface area contributed by atoms with Crippen molar-refractivity contribution in [2.75, 3.05) is 18.9 Å². The molecule has 0 bridgehead atoms. The van der Waals surface area contributed by atoms with E-state index >= 15 is 0 Å². The molecule has 2 fully saturated rings. The molecule has 3 heteroatoms. The molecule has 2 aliphatic heterocycles. The van der Waals surface area contributed by atoms with Crippen LogP contribution in [0.25, 0.3) is 0 Å². The smallest absolute Gasteiger partial charge is 0.0958 e. The van der Waals surface area contributed by atoms with E-state index in [1.165, 1.54) is 25.0 Å². The van der Waals surface area contributed by atoms with E-state index in [2.05, 4.69) is 30.9 Å². The maximum atomic E-state index is 6.12. The normalized spacial score (nSPS) is 43.3. The van der Waals surface area contributed by atoms with Crippen molar-refractivity contribution < 1.29 is 4.74 Å². The maximum Gasteiger partial charge on any atom is 0.0958 e. The molecule has 0 aliphatic carbocycles. The van der Waals surface area contributed by atoms with Crippen LogP contribution < -0.4 is 5.32 Å². The zero-order chi connectivity index (χ0) is 10.0. The van der Waals surface area contributed by atoms with Crippen molar-refractivity contribution >= 4 is 11.8 Å². The molecule has 3 unspecified atom stereocenters. The average molecular weight is 215 g/mol. The van der Waals surface area contributed by atoms with Crippen molar-refractivity contribution in [1.29, 1.82) is 0 Å². The number of hydrogen-bond acceptors (Lipinski definition) is 3. The second-order valence-corrected chi connectivity index (χ2v) is 5.81. The van der Waals surface area contributed by atoms with Crippen LogP contribution in [-0.2, 0) is 4.74 Å². The molecule has 2 rings (SSSR count). The van der Waals surface area contributed by atoms with Crippen molar-refractivity contribution in [3.63, 3.8) is 0 Å². The molecule has 2 aliphatic rings. The van der Waals surface area contributed by atoms with Gasteiger partial charge in [-0.3, -0.25) is 0 Å². The van der Waals surface area contributed by atoms with Crippen molar-refractivity contribution in [2.45, 2.75) is 50.0 Å². The van der Waals surface area contributed by atoms with Crippen LogP contribution in [0.5, 0.6) is 0 Å². The number of ether oxygens (including phenoxy) is 1. The quantitative estimate of drug-likeness (QED) is 0.761. The van der Waals surface area contributed by atoms with Crippen LogP contribution in [-0.4, -0.2) is 35.8 Å². The van der Waals surface area contributed by atoms with E-state index in [4.69, 9.17) is 4.74 Å². The van der Waals surface area contributed by atoms with Gasteiger partial charge in [-0.25, -0.2) is 0 Å². The Morgan fingerprint density at radius 3 is 3.07 bits per heavy atom. The van der Waals surface area contributed by atoms with Crippen LogP contribution in [0.2, 0.25) is 0 Å². The Bertz CT molecular complexity index is 198. The van der Waals surface area contributed by atoms with Gasteiger partial charge in [0.25, 0.3) is 0 Å². The highest BCUT2D eigenvalue weighted by Gasteiger charge is 2.49. The second kappa shape index (κ2) is 4.42. The molecule has 82 valence electrons. The first kappa shape index (κ1) is 10.8. The van der Waals surface area contributed by atoms with Gasteiger partial charge >= 0.3 is 0 Å². The molecule has 0 aromatic carbocycles. The number of morpholine rings is 1. The molecule has 0 radical (unpaired) electrons. The van der Waals surface area contributed by atoms with E-state index in [1.807, 2.05) is 0 Å². The molecule has 2 saturated heterocycles. The van der Waals surface area contributed by atoms with E-state index in [1.54, 1.807) is 0 Å². The summed E-state index contributed by atoms with van der Waals surface area (Å²) in [4.78, 5) is 0. The van der Waals surface area contributed by atoms with Crippen LogP contribution in [0.1, 0.15) is 33.1 Å². The minimum absolute atomic E-state index is 0.152. The van der Waals surface area contributed by atoms with Gasteiger partial charge in [0.05, 0.1) is 12.2 Å². The lowest BCUT2D eigenvalue weighted by Crippen LogP contribution is -2.60. The monoisotopic (exact) mass is 215 g/mol. The highest BCUT2D eigenvalue weighted by molar-refractivity contribution is 8.00. The van der Waals surface area contributed by atoms with Gasteiger partial charge in [0.1, 0.15) is 0 Å². The van der Waals surface area contributed by atoms with Crippen molar-refractivity contribution in [3.8, 4) is 0 Å². The first-order valence-electron chi connectivity index (χ1n) is 5.78. The number of rotatable bonds is 2. The standard InChI is InChI=1S/C11H21NOS/c1-3-4-10-11(13-7-6-12-10)5-8-14-9(11)2/h9-10,12H,3-8H2,1-2H3. The van der Waals surface area contributed by atoms with Crippen LogP contribution in [0.4, 0.5) is 0 Å². The summed E-state index contributed by atoms with van der Waals surface area (Å²) in [5.41, 5.74) is 0.152. The molecule has 14 heavy (non-hydrogen) atoms. The predicted octanol–water partition coefficient (Wildman–Crippen LogP) is 2.04. The Morgan fingerprint density at radius 1 is 1.57 bits per heavy atom. The Hall–Kier alpha value is 0.270. The predicted molar refractivity (Wildman–Crippen MR) is 61.9 cm³/mol. The number of nitrogens with one attached hydrogen (secondary N) is 1. The molecule has 1 N–H and O–H groups in total. The highest BCUT2D eigenvalue weighted by Crippen LogP contribution is 2.43. The van der Waals surface area contributed by atoms with E-state index in [-0.39, 0.29) is 5.60 Å². The Labute approximate surface area is 91.2 Å². The van der Waals surface area contributed by atoms with Gasteiger partial charge < -0.3 is 10.1 Å². The molecule has 0 saturated carbocycles. The Balaban J connectivity index is 2.11. The lowest BCUT2D eigenvalue weighted by Gasteiger charge is -2.44. The molecule has 0 aromatic rings. The minimum atomic E-state index is 0.152. The molecule has 2 heterocycles. The summed E-state index contributed by atoms with van der Waals surface area (Å²) < 4.78 is 6.12. The molecule has 2 nitrogen and oxygen atoms in total. The topological polar surface area (TPSA) is 21.3 Å².